The lowest BCUT2D eigenvalue weighted by Crippen LogP contribution is -2.07. The first-order valence-corrected chi connectivity index (χ1v) is 8.96. The van der Waals surface area contributed by atoms with Crippen molar-refractivity contribution in [1.29, 1.82) is 0 Å². The molecule has 0 radical (unpaired) electrons. The van der Waals surface area contributed by atoms with Gasteiger partial charge in [0, 0.05) is 17.0 Å². The molecule has 1 aromatic heterocycles. The number of rotatable bonds is 6. The largest absolute Gasteiger partial charge is 0.493 e. The van der Waals surface area contributed by atoms with Crippen LogP contribution in [0.15, 0.2) is 60.0 Å². The Balaban J connectivity index is 1.68. The van der Waals surface area contributed by atoms with Gasteiger partial charge < -0.3 is 4.74 Å². The number of thiazole rings is 1. The standard InChI is InChI=1S/C20H17FN2O2S/c1-2-25-18-6-4-3-5-16(18)17-13-26-20(22-17)23-19(24)12-9-14-7-10-15(21)11-8-14/h3-13H,2H2,1H3,(H,22,23,24). The molecule has 0 aliphatic carbocycles. The molecule has 132 valence electrons. The van der Waals surface area contributed by atoms with Gasteiger partial charge in [0.05, 0.1) is 12.3 Å². The molecule has 0 fully saturated rings. The SMILES string of the molecule is CCOc1ccccc1-c1csc(NC(=O)C=Cc2ccc(F)cc2)n1. The van der Waals surface area contributed by atoms with E-state index in [4.69, 9.17) is 4.74 Å². The molecular weight excluding hydrogens is 351 g/mol. The van der Waals surface area contributed by atoms with E-state index in [1.807, 2.05) is 36.6 Å². The van der Waals surface area contributed by atoms with Crippen molar-refractivity contribution in [3.05, 3.63) is 71.4 Å². The number of nitrogens with one attached hydrogen (secondary N) is 1. The second kappa shape index (κ2) is 8.40. The van der Waals surface area contributed by atoms with Crippen LogP contribution in [0, 0.1) is 5.82 Å². The summed E-state index contributed by atoms with van der Waals surface area (Å²) in [5.74, 6) is 0.150. The fourth-order valence-electron chi connectivity index (χ4n) is 2.31. The number of halogens is 1. The van der Waals surface area contributed by atoms with Gasteiger partial charge in [0.2, 0.25) is 5.91 Å². The van der Waals surface area contributed by atoms with Crippen LogP contribution in [0.5, 0.6) is 5.75 Å². The maximum absolute atomic E-state index is 12.9. The zero-order valence-electron chi connectivity index (χ0n) is 14.1. The summed E-state index contributed by atoms with van der Waals surface area (Å²) in [7, 11) is 0. The topological polar surface area (TPSA) is 51.2 Å². The predicted octanol–water partition coefficient (Wildman–Crippen LogP) is 5.00. The molecule has 0 aliphatic heterocycles. The fraction of sp³-hybridized carbons (Fsp3) is 0.100. The van der Waals surface area contributed by atoms with Gasteiger partial charge in [-0.05, 0) is 42.8 Å². The molecule has 3 aromatic rings. The molecule has 0 unspecified atom stereocenters. The Morgan fingerprint density at radius 1 is 1.23 bits per heavy atom. The molecule has 0 bridgehead atoms. The number of hydrogen-bond acceptors (Lipinski definition) is 4. The second-order valence-electron chi connectivity index (χ2n) is 5.34. The lowest BCUT2D eigenvalue weighted by Gasteiger charge is -2.07. The van der Waals surface area contributed by atoms with E-state index in [9.17, 15) is 9.18 Å². The molecule has 1 amide bonds. The van der Waals surface area contributed by atoms with E-state index in [-0.39, 0.29) is 11.7 Å². The van der Waals surface area contributed by atoms with Crippen LogP contribution in [0.2, 0.25) is 0 Å². The normalized spacial score (nSPS) is 10.8. The van der Waals surface area contributed by atoms with Gasteiger partial charge in [-0.25, -0.2) is 9.37 Å². The summed E-state index contributed by atoms with van der Waals surface area (Å²) in [5, 5.41) is 5.10. The smallest absolute Gasteiger partial charge is 0.250 e. The maximum Gasteiger partial charge on any atom is 0.250 e. The third-order valence-corrected chi connectivity index (χ3v) is 4.25. The summed E-state index contributed by atoms with van der Waals surface area (Å²) in [4.78, 5) is 16.5. The van der Waals surface area contributed by atoms with Crippen molar-refractivity contribution in [2.75, 3.05) is 11.9 Å². The number of carbonyl (C=O) groups excluding carboxylic acids is 1. The highest BCUT2D eigenvalue weighted by atomic mass is 32.1. The van der Waals surface area contributed by atoms with Crippen LogP contribution < -0.4 is 10.1 Å². The summed E-state index contributed by atoms with van der Waals surface area (Å²) in [6.45, 7) is 2.50. The quantitative estimate of drug-likeness (QED) is 0.623. The molecule has 0 spiro atoms. The second-order valence-corrected chi connectivity index (χ2v) is 6.20. The predicted molar refractivity (Wildman–Crippen MR) is 103 cm³/mol. The Morgan fingerprint density at radius 2 is 2.00 bits per heavy atom. The number of carbonyl (C=O) groups is 1. The number of amides is 1. The van der Waals surface area contributed by atoms with E-state index in [1.165, 1.54) is 29.5 Å². The summed E-state index contributed by atoms with van der Waals surface area (Å²) >= 11 is 1.34. The number of benzene rings is 2. The van der Waals surface area contributed by atoms with Crippen molar-refractivity contribution in [2.24, 2.45) is 0 Å². The van der Waals surface area contributed by atoms with Crippen LogP contribution in [0.4, 0.5) is 9.52 Å². The minimum atomic E-state index is -0.311. The van der Waals surface area contributed by atoms with Gasteiger partial charge in [0.15, 0.2) is 5.13 Å². The molecule has 1 heterocycles. The molecule has 3 rings (SSSR count). The van der Waals surface area contributed by atoms with Crippen LogP contribution in [-0.4, -0.2) is 17.5 Å². The molecule has 0 atom stereocenters. The van der Waals surface area contributed by atoms with Crippen molar-refractivity contribution >= 4 is 28.5 Å². The highest BCUT2D eigenvalue weighted by Gasteiger charge is 2.10. The Kier molecular flexibility index (Phi) is 5.76. The van der Waals surface area contributed by atoms with Crippen molar-refractivity contribution in [1.82, 2.24) is 4.98 Å². The van der Waals surface area contributed by atoms with Crippen LogP contribution in [0.3, 0.4) is 0 Å². The van der Waals surface area contributed by atoms with Crippen LogP contribution in [-0.2, 0) is 4.79 Å². The van der Waals surface area contributed by atoms with Crippen molar-refractivity contribution < 1.29 is 13.9 Å². The summed E-state index contributed by atoms with van der Waals surface area (Å²) in [6.07, 6.45) is 3.01. The van der Waals surface area contributed by atoms with Gasteiger partial charge in [0.25, 0.3) is 0 Å². The number of hydrogen-bond donors (Lipinski definition) is 1. The van der Waals surface area contributed by atoms with Gasteiger partial charge in [-0.3, -0.25) is 10.1 Å². The van der Waals surface area contributed by atoms with Gasteiger partial charge in [0.1, 0.15) is 11.6 Å². The molecule has 26 heavy (non-hydrogen) atoms. The fourth-order valence-corrected chi connectivity index (χ4v) is 3.02. The first-order valence-electron chi connectivity index (χ1n) is 8.08. The third kappa shape index (κ3) is 4.55. The van der Waals surface area contributed by atoms with E-state index in [0.717, 1.165) is 22.6 Å². The van der Waals surface area contributed by atoms with Crippen molar-refractivity contribution in [3.63, 3.8) is 0 Å². The van der Waals surface area contributed by atoms with Gasteiger partial charge in [-0.15, -0.1) is 11.3 Å². The first-order chi connectivity index (χ1) is 12.7. The average molecular weight is 368 g/mol. The molecule has 1 N–H and O–H groups in total. The molecule has 0 saturated carbocycles. The molecular formula is C20H17FN2O2S. The maximum atomic E-state index is 12.9. The lowest BCUT2D eigenvalue weighted by atomic mass is 10.1. The third-order valence-electron chi connectivity index (χ3n) is 3.49. The summed E-state index contributed by atoms with van der Waals surface area (Å²) < 4.78 is 18.5. The van der Waals surface area contributed by atoms with E-state index >= 15 is 0 Å². The summed E-state index contributed by atoms with van der Waals surface area (Å²) in [6, 6.07) is 13.5. The van der Waals surface area contributed by atoms with E-state index in [0.29, 0.717) is 11.7 Å². The average Bonchev–Trinajstić information content (AvgIpc) is 3.10. The van der Waals surface area contributed by atoms with Crippen molar-refractivity contribution in [3.8, 4) is 17.0 Å². The van der Waals surface area contributed by atoms with Crippen LogP contribution in [0.1, 0.15) is 12.5 Å². The van der Waals surface area contributed by atoms with Crippen molar-refractivity contribution in [2.45, 2.75) is 6.92 Å². The molecule has 0 saturated heterocycles. The number of nitrogens with zero attached hydrogens (tertiary/aromatic N) is 1. The van der Waals surface area contributed by atoms with E-state index in [2.05, 4.69) is 10.3 Å². The molecule has 0 aliphatic rings. The van der Waals surface area contributed by atoms with E-state index in [1.54, 1.807) is 18.2 Å². The molecule has 6 heteroatoms. The molecule has 4 nitrogen and oxygen atoms in total. The van der Waals surface area contributed by atoms with Gasteiger partial charge in [-0.2, -0.15) is 0 Å². The Morgan fingerprint density at radius 3 is 2.77 bits per heavy atom. The van der Waals surface area contributed by atoms with Gasteiger partial charge >= 0.3 is 0 Å². The van der Waals surface area contributed by atoms with E-state index < -0.39 is 0 Å². The minimum absolute atomic E-state index is 0.298. The Bertz CT molecular complexity index is 920. The zero-order valence-corrected chi connectivity index (χ0v) is 14.9. The summed E-state index contributed by atoms with van der Waals surface area (Å²) in [5.41, 5.74) is 2.37. The van der Waals surface area contributed by atoms with Gasteiger partial charge in [-0.1, -0.05) is 24.3 Å². The first kappa shape index (κ1) is 17.8. The van der Waals surface area contributed by atoms with Crippen LogP contribution >= 0.6 is 11.3 Å². The number of anilines is 1. The zero-order chi connectivity index (χ0) is 18.4. The molecule has 2 aromatic carbocycles. The monoisotopic (exact) mass is 368 g/mol. The highest BCUT2D eigenvalue weighted by Crippen LogP contribution is 2.32. The Labute approximate surface area is 155 Å². The van der Waals surface area contributed by atoms with Crippen LogP contribution in [0.25, 0.3) is 17.3 Å². The number of para-hydroxylation sites is 1. The Hall–Kier alpha value is -2.99. The minimum Gasteiger partial charge on any atom is -0.493 e. The number of aromatic nitrogens is 1. The lowest BCUT2D eigenvalue weighted by molar-refractivity contribution is -0.111. The highest BCUT2D eigenvalue weighted by molar-refractivity contribution is 7.14. The number of ether oxygens (including phenoxy) is 1.